The molecule has 1 aliphatic heterocycles. The molecule has 0 aliphatic carbocycles. The second-order valence-corrected chi connectivity index (χ2v) is 4.89. The Bertz CT molecular complexity index is 512. The molecular formula is C14H18N4. The molecule has 0 aromatic carbocycles. The van der Waals surface area contributed by atoms with Crippen LogP contribution in [0.5, 0.6) is 0 Å². The number of nitrogens with one attached hydrogen (secondary N) is 2. The fourth-order valence-electron chi connectivity index (χ4n) is 2.71. The molecule has 0 bridgehead atoms. The third-order valence-electron chi connectivity index (χ3n) is 3.63. The van der Waals surface area contributed by atoms with Gasteiger partial charge in [-0.15, -0.1) is 0 Å². The van der Waals surface area contributed by atoms with Gasteiger partial charge in [0.2, 0.25) is 0 Å². The number of aromatic amines is 1. The van der Waals surface area contributed by atoms with E-state index >= 15 is 0 Å². The number of aryl methyl sites for hydroxylation is 1. The molecule has 18 heavy (non-hydrogen) atoms. The van der Waals surface area contributed by atoms with Crippen LogP contribution in [-0.4, -0.2) is 28.3 Å². The molecule has 0 spiro atoms. The maximum atomic E-state index is 4.53. The Morgan fingerprint density at radius 2 is 2.11 bits per heavy atom. The fraction of sp³-hybridized carbons (Fsp3) is 0.429. The molecule has 0 saturated carbocycles. The van der Waals surface area contributed by atoms with Crippen molar-refractivity contribution in [3.8, 4) is 11.1 Å². The van der Waals surface area contributed by atoms with Gasteiger partial charge in [-0.2, -0.15) is 5.10 Å². The van der Waals surface area contributed by atoms with Crippen LogP contribution in [0.3, 0.4) is 0 Å². The van der Waals surface area contributed by atoms with Crippen LogP contribution in [0.2, 0.25) is 0 Å². The number of aromatic nitrogens is 3. The predicted molar refractivity (Wildman–Crippen MR) is 71.4 cm³/mol. The molecule has 0 radical (unpaired) electrons. The van der Waals surface area contributed by atoms with Crippen LogP contribution in [0, 0.1) is 6.92 Å². The summed E-state index contributed by atoms with van der Waals surface area (Å²) >= 11 is 0. The minimum absolute atomic E-state index is 0.520. The molecule has 94 valence electrons. The molecule has 1 saturated heterocycles. The summed E-state index contributed by atoms with van der Waals surface area (Å²) in [5, 5.41) is 11.1. The van der Waals surface area contributed by atoms with Gasteiger partial charge in [0.05, 0.1) is 5.69 Å². The SMILES string of the molecule is Cc1[nH]nc(C2CCCNC2)c1-c1ccncc1. The number of pyridine rings is 1. The van der Waals surface area contributed by atoms with E-state index in [0.717, 1.165) is 18.8 Å². The average molecular weight is 242 g/mol. The van der Waals surface area contributed by atoms with Crippen molar-refractivity contribution >= 4 is 0 Å². The molecule has 0 amide bonds. The first-order valence-corrected chi connectivity index (χ1v) is 6.52. The molecule has 4 nitrogen and oxygen atoms in total. The van der Waals surface area contributed by atoms with E-state index in [0.29, 0.717) is 5.92 Å². The van der Waals surface area contributed by atoms with Crippen LogP contribution in [-0.2, 0) is 0 Å². The van der Waals surface area contributed by atoms with Gasteiger partial charge in [-0.1, -0.05) is 0 Å². The minimum Gasteiger partial charge on any atom is -0.316 e. The molecule has 2 N–H and O–H groups in total. The van der Waals surface area contributed by atoms with Gasteiger partial charge < -0.3 is 5.32 Å². The van der Waals surface area contributed by atoms with Crippen LogP contribution in [0.25, 0.3) is 11.1 Å². The molecule has 3 rings (SSSR count). The van der Waals surface area contributed by atoms with Gasteiger partial charge >= 0.3 is 0 Å². The largest absolute Gasteiger partial charge is 0.316 e. The highest BCUT2D eigenvalue weighted by molar-refractivity contribution is 5.68. The third-order valence-corrected chi connectivity index (χ3v) is 3.63. The molecule has 1 fully saturated rings. The van der Waals surface area contributed by atoms with E-state index in [9.17, 15) is 0 Å². The van der Waals surface area contributed by atoms with Crippen molar-refractivity contribution in [2.75, 3.05) is 13.1 Å². The Morgan fingerprint density at radius 1 is 1.28 bits per heavy atom. The second kappa shape index (κ2) is 4.90. The minimum atomic E-state index is 0.520. The van der Waals surface area contributed by atoms with E-state index in [1.54, 1.807) is 0 Å². The maximum absolute atomic E-state index is 4.53. The first-order valence-electron chi connectivity index (χ1n) is 6.52. The van der Waals surface area contributed by atoms with E-state index in [1.165, 1.54) is 29.7 Å². The van der Waals surface area contributed by atoms with E-state index in [4.69, 9.17) is 0 Å². The van der Waals surface area contributed by atoms with Crippen molar-refractivity contribution in [3.05, 3.63) is 35.9 Å². The highest BCUT2D eigenvalue weighted by Gasteiger charge is 2.22. The summed E-state index contributed by atoms with van der Waals surface area (Å²) in [4.78, 5) is 4.08. The Kier molecular flexibility index (Phi) is 3.11. The standard InChI is InChI=1S/C14H18N4/c1-10-13(11-4-7-15-8-5-11)14(18-17-10)12-3-2-6-16-9-12/h4-5,7-8,12,16H,2-3,6,9H2,1H3,(H,17,18). The number of piperidine rings is 1. The van der Waals surface area contributed by atoms with E-state index < -0.39 is 0 Å². The van der Waals surface area contributed by atoms with Crippen molar-refractivity contribution in [1.29, 1.82) is 0 Å². The number of nitrogens with zero attached hydrogens (tertiary/aromatic N) is 2. The summed E-state index contributed by atoms with van der Waals surface area (Å²) < 4.78 is 0. The zero-order valence-electron chi connectivity index (χ0n) is 10.6. The van der Waals surface area contributed by atoms with Crippen molar-refractivity contribution in [2.45, 2.75) is 25.7 Å². The number of rotatable bonds is 2. The molecule has 2 aromatic heterocycles. The Morgan fingerprint density at radius 3 is 2.83 bits per heavy atom. The molecular weight excluding hydrogens is 224 g/mol. The highest BCUT2D eigenvalue weighted by Crippen LogP contribution is 2.32. The fourth-order valence-corrected chi connectivity index (χ4v) is 2.71. The number of hydrogen-bond donors (Lipinski definition) is 2. The van der Waals surface area contributed by atoms with Gasteiger partial charge in [0.25, 0.3) is 0 Å². The monoisotopic (exact) mass is 242 g/mol. The Hall–Kier alpha value is -1.68. The van der Waals surface area contributed by atoms with Crippen LogP contribution >= 0.6 is 0 Å². The van der Waals surface area contributed by atoms with Gasteiger partial charge in [0.1, 0.15) is 0 Å². The first-order chi connectivity index (χ1) is 8.86. The quantitative estimate of drug-likeness (QED) is 0.849. The summed E-state index contributed by atoms with van der Waals surface area (Å²) in [6, 6.07) is 4.11. The van der Waals surface area contributed by atoms with Crippen LogP contribution < -0.4 is 5.32 Å². The van der Waals surface area contributed by atoms with Gasteiger partial charge in [0.15, 0.2) is 0 Å². The van der Waals surface area contributed by atoms with Crippen LogP contribution in [0.1, 0.15) is 30.1 Å². The first kappa shape index (κ1) is 11.4. The van der Waals surface area contributed by atoms with Crippen molar-refractivity contribution < 1.29 is 0 Å². The van der Waals surface area contributed by atoms with Crippen molar-refractivity contribution in [2.24, 2.45) is 0 Å². The number of H-pyrrole nitrogens is 1. The average Bonchev–Trinajstić information content (AvgIpc) is 2.83. The van der Waals surface area contributed by atoms with Crippen molar-refractivity contribution in [1.82, 2.24) is 20.5 Å². The third kappa shape index (κ3) is 2.04. The second-order valence-electron chi connectivity index (χ2n) is 4.89. The topological polar surface area (TPSA) is 53.6 Å². The lowest BCUT2D eigenvalue weighted by atomic mass is 9.91. The van der Waals surface area contributed by atoms with E-state index in [2.05, 4.69) is 39.6 Å². The summed E-state index contributed by atoms with van der Waals surface area (Å²) in [6.07, 6.45) is 6.12. The number of hydrogen-bond acceptors (Lipinski definition) is 3. The van der Waals surface area contributed by atoms with Crippen molar-refractivity contribution in [3.63, 3.8) is 0 Å². The molecule has 1 aliphatic rings. The molecule has 3 heterocycles. The molecule has 1 atom stereocenters. The van der Waals surface area contributed by atoms with Crippen LogP contribution in [0.4, 0.5) is 0 Å². The maximum Gasteiger partial charge on any atom is 0.0746 e. The predicted octanol–water partition coefficient (Wildman–Crippen LogP) is 2.25. The van der Waals surface area contributed by atoms with E-state index in [1.807, 2.05) is 12.4 Å². The molecule has 1 unspecified atom stereocenters. The van der Waals surface area contributed by atoms with Gasteiger partial charge in [-0.25, -0.2) is 0 Å². The highest BCUT2D eigenvalue weighted by atomic mass is 15.1. The normalized spacial score (nSPS) is 19.9. The summed E-state index contributed by atoms with van der Waals surface area (Å²) in [5.41, 5.74) is 4.80. The van der Waals surface area contributed by atoms with Gasteiger partial charge in [-0.3, -0.25) is 10.1 Å². The Labute approximate surface area is 107 Å². The zero-order chi connectivity index (χ0) is 12.4. The summed E-state index contributed by atoms with van der Waals surface area (Å²) in [6.45, 7) is 4.25. The zero-order valence-corrected chi connectivity index (χ0v) is 10.6. The molecule has 2 aromatic rings. The molecule has 4 heteroatoms. The smallest absolute Gasteiger partial charge is 0.0746 e. The lowest BCUT2D eigenvalue weighted by molar-refractivity contribution is 0.455. The summed E-state index contributed by atoms with van der Waals surface area (Å²) in [7, 11) is 0. The lowest BCUT2D eigenvalue weighted by Gasteiger charge is -2.22. The lowest BCUT2D eigenvalue weighted by Crippen LogP contribution is -2.28. The van der Waals surface area contributed by atoms with E-state index in [-0.39, 0.29) is 0 Å². The Balaban J connectivity index is 2.01. The van der Waals surface area contributed by atoms with Gasteiger partial charge in [-0.05, 0) is 44.0 Å². The van der Waals surface area contributed by atoms with Crippen LogP contribution in [0.15, 0.2) is 24.5 Å². The summed E-state index contributed by atoms with van der Waals surface area (Å²) in [5.74, 6) is 0.520. The van der Waals surface area contributed by atoms with Gasteiger partial charge in [0, 0.05) is 36.1 Å².